The van der Waals surface area contributed by atoms with Crippen molar-refractivity contribution in [2.45, 2.75) is 54.9 Å². The minimum Gasteiger partial charge on any atom is -0.311 e. The van der Waals surface area contributed by atoms with Crippen LogP contribution in [0.2, 0.25) is 0 Å². The number of thioether (sulfide) groups is 1. The number of para-hydroxylation sites is 2. The Kier molecular flexibility index (Phi) is 14.9. The summed E-state index contributed by atoms with van der Waals surface area (Å²) >= 11 is 17.0. The van der Waals surface area contributed by atoms with Gasteiger partial charge in [0.05, 0.1) is 14.2 Å². The lowest BCUT2D eigenvalue weighted by molar-refractivity contribution is -0.117. The predicted octanol–water partition coefficient (Wildman–Crippen LogP) is 14.2. The smallest absolute Gasteiger partial charge is 0.241 e. The van der Waals surface area contributed by atoms with Gasteiger partial charge >= 0.3 is 0 Å². The Morgan fingerprint density at radius 1 is 0.627 bits per heavy atom. The highest BCUT2D eigenvalue weighted by molar-refractivity contribution is 8.02. The lowest BCUT2D eigenvalue weighted by atomic mass is 10.0. The van der Waals surface area contributed by atoms with Crippen molar-refractivity contribution in [1.29, 1.82) is 0 Å². The second kappa shape index (κ2) is 20.4. The van der Waals surface area contributed by atoms with E-state index in [1.54, 1.807) is 39.3 Å². The number of rotatable bonds is 4. The van der Waals surface area contributed by atoms with E-state index >= 15 is 0 Å². The van der Waals surface area contributed by atoms with Crippen LogP contribution in [0.15, 0.2) is 135 Å². The summed E-state index contributed by atoms with van der Waals surface area (Å²) in [4.78, 5) is 28.0. The number of anilines is 2. The van der Waals surface area contributed by atoms with E-state index < -0.39 is 0 Å². The van der Waals surface area contributed by atoms with Crippen LogP contribution < -0.4 is 9.80 Å². The third-order valence-corrected chi connectivity index (χ3v) is 16.2. The first-order chi connectivity index (χ1) is 28.7. The van der Waals surface area contributed by atoms with Crippen molar-refractivity contribution in [3.05, 3.63) is 155 Å². The van der Waals surface area contributed by atoms with Crippen LogP contribution in [0.25, 0.3) is 30.3 Å². The number of halogens is 1. The SMILES string of the molecule is Cc1c(S)sc2ccccc12.Cc1c(SCC(=O)N2CCCc3ccccc32)sc2ccccc12.Cc1csc2ccccc12.O=C(CCl)N1CCCc2ccccc21. The van der Waals surface area contributed by atoms with Crippen molar-refractivity contribution in [3.63, 3.8) is 0 Å². The molecule has 0 radical (unpaired) electrons. The van der Waals surface area contributed by atoms with Gasteiger partial charge < -0.3 is 9.80 Å². The fourth-order valence-corrected chi connectivity index (χ4v) is 12.2. The molecule has 302 valence electrons. The molecule has 2 amide bonds. The normalized spacial score (nSPS) is 13.0. The second-order valence-corrected chi connectivity index (χ2v) is 19.7. The average Bonchev–Trinajstić information content (AvgIpc) is 3.93. The average molecular weight is 892 g/mol. The number of thiol groups is 1. The first-order valence-corrected chi connectivity index (χ1v) is 24.2. The maximum atomic E-state index is 12.8. The largest absolute Gasteiger partial charge is 0.311 e. The van der Waals surface area contributed by atoms with Crippen LogP contribution in [-0.4, -0.2) is 36.5 Å². The summed E-state index contributed by atoms with van der Waals surface area (Å²) in [5.41, 5.74) is 8.66. The Hall–Kier alpha value is -4.09. The number of nitrogens with zero attached hydrogens (tertiary/aromatic N) is 2. The van der Waals surface area contributed by atoms with Crippen LogP contribution in [0.5, 0.6) is 0 Å². The van der Waals surface area contributed by atoms with E-state index in [2.05, 4.69) is 136 Å². The maximum Gasteiger partial charge on any atom is 0.241 e. The van der Waals surface area contributed by atoms with Gasteiger partial charge in [0, 0.05) is 38.6 Å². The minimum absolute atomic E-state index is 0.00110. The third-order valence-electron chi connectivity index (χ3n) is 10.6. The molecule has 10 heteroatoms. The lowest BCUT2D eigenvalue weighted by Crippen LogP contribution is -2.36. The van der Waals surface area contributed by atoms with Crippen molar-refractivity contribution in [1.82, 2.24) is 0 Å². The molecule has 59 heavy (non-hydrogen) atoms. The maximum absolute atomic E-state index is 12.8. The van der Waals surface area contributed by atoms with Crippen LogP contribution in [0.4, 0.5) is 11.4 Å². The summed E-state index contributed by atoms with van der Waals surface area (Å²) in [5, 5.41) is 6.24. The Labute approximate surface area is 374 Å². The van der Waals surface area contributed by atoms with E-state index in [1.165, 1.54) is 62.3 Å². The summed E-state index contributed by atoms with van der Waals surface area (Å²) in [6, 6.07) is 41.7. The molecule has 0 spiro atoms. The van der Waals surface area contributed by atoms with Crippen molar-refractivity contribution >= 4 is 123 Å². The first kappa shape index (κ1) is 43.0. The van der Waals surface area contributed by atoms with Gasteiger partial charge in [-0.1, -0.05) is 91.0 Å². The molecule has 0 fully saturated rings. The van der Waals surface area contributed by atoms with Crippen molar-refractivity contribution < 1.29 is 9.59 Å². The molecule has 0 saturated carbocycles. The summed E-state index contributed by atoms with van der Waals surface area (Å²) < 4.78 is 6.41. The van der Waals surface area contributed by atoms with Crippen LogP contribution in [0.3, 0.4) is 0 Å². The fourth-order valence-electron chi connectivity index (χ4n) is 7.42. The van der Waals surface area contributed by atoms with Crippen molar-refractivity contribution in [2.75, 3.05) is 34.5 Å². The summed E-state index contributed by atoms with van der Waals surface area (Å²) in [6.45, 7) is 8.05. The quantitative estimate of drug-likeness (QED) is 0.109. The molecular weight excluding hydrogens is 844 g/mol. The molecule has 3 aromatic heterocycles. The molecule has 0 N–H and O–H groups in total. The van der Waals surface area contributed by atoms with Gasteiger partial charge in [-0.25, -0.2) is 0 Å². The highest BCUT2D eigenvalue weighted by atomic mass is 35.5. The summed E-state index contributed by atoms with van der Waals surface area (Å²) in [5.74, 6) is 0.777. The zero-order chi connectivity index (χ0) is 41.3. The van der Waals surface area contributed by atoms with Crippen LogP contribution in [-0.2, 0) is 22.4 Å². The number of amides is 2. The molecule has 0 unspecified atom stereocenters. The molecule has 10 rings (SSSR count). The van der Waals surface area contributed by atoms with E-state index in [1.807, 2.05) is 40.5 Å². The van der Waals surface area contributed by atoms with E-state index in [4.69, 9.17) is 11.6 Å². The van der Waals surface area contributed by atoms with Gasteiger partial charge in [0.2, 0.25) is 11.8 Å². The fraction of sp³-hybridized carbons (Fsp3) is 0.224. The van der Waals surface area contributed by atoms with Gasteiger partial charge in [-0.2, -0.15) is 0 Å². The molecule has 0 saturated heterocycles. The van der Waals surface area contributed by atoms with Crippen molar-refractivity contribution in [2.24, 2.45) is 0 Å². The molecule has 4 nitrogen and oxygen atoms in total. The molecule has 0 bridgehead atoms. The molecule has 2 aliphatic rings. The van der Waals surface area contributed by atoms with E-state index in [-0.39, 0.29) is 17.7 Å². The lowest BCUT2D eigenvalue weighted by Gasteiger charge is -2.29. The number of carbonyl (C=O) groups is 2. The summed E-state index contributed by atoms with van der Waals surface area (Å²) in [7, 11) is 0. The van der Waals surface area contributed by atoms with Crippen LogP contribution >= 0.6 is 70.0 Å². The first-order valence-electron chi connectivity index (χ1n) is 19.8. The number of alkyl halides is 1. The molecule has 2 aliphatic heterocycles. The number of hydrogen-bond acceptors (Lipinski definition) is 7. The van der Waals surface area contributed by atoms with Crippen LogP contribution in [0, 0.1) is 20.8 Å². The third kappa shape index (κ3) is 10.3. The van der Waals surface area contributed by atoms with Gasteiger partial charge in [0.1, 0.15) is 5.88 Å². The van der Waals surface area contributed by atoms with E-state index in [0.717, 1.165) is 54.4 Å². The molecule has 0 atom stereocenters. The number of fused-ring (bicyclic) bond motifs is 5. The number of hydrogen-bond donors (Lipinski definition) is 1. The predicted molar refractivity (Wildman–Crippen MR) is 263 cm³/mol. The van der Waals surface area contributed by atoms with Crippen molar-refractivity contribution in [3.8, 4) is 0 Å². The zero-order valence-corrected chi connectivity index (χ0v) is 38.4. The molecule has 0 aliphatic carbocycles. The van der Waals surface area contributed by atoms with Gasteiger partial charge in [0.25, 0.3) is 0 Å². The number of thiophene rings is 3. The Morgan fingerprint density at radius 3 is 1.68 bits per heavy atom. The monoisotopic (exact) mass is 890 g/mol. The van der Waals surface area contributed by atoms with Gasteiger partial charge in [0.15, 0.2) is 0 Å². The van der Waals surface area contributed by atoms with Crippen LogP contribution in [0.1, 0.15) is 40.7 Å². The topological polar surface area (TPSA) is 40.6 Å². The Morgan fingerprint density at radius 2 is 1.12 bits per heavy atom. The second-order valence-electron chi connectivity index (χ2n) is 14.4. The van der Waals surface area contributed by atoms with E-state index in [0.29, 0.717) is 5.75 Å². The van der Waals surface area contributed by atoms with Gasteiger partial charge in [-0.15, -0.1) is 70.0 Å². The summed E-state index contributed by atoms with van der Waals surface area (Å²) in [6.07, 6.45) is 4.21. The number of benzene rings is 5. The zero-order valence-electron chi connectivity index (χ0n) is 33.5. The van der Waals surface area contributed by atoms with E-state index in [9.17, 15) is 9.59 Å². The number of aryl methyl sites for hydroxylation is 5. The molecule has 8 aromatic rings. The molecule has 5 heterocycles. The highest BCUT2D eigenvalue weighted by Gasteiger charge is 2.23. The Balaban J connectivity index is 0.000000128. The highest BCUT2D eigenvalue weighted by Crippen LogP contribution is 2.38. The van der Waals surface area contributed by atoms with Gasteiger partial charge in [-0.3, -0.25) is 9.59 Å². The van der Waals surface area contributed by atoms with Gasteiger partial charge in [-0.05, 0) is 126 Å². The number of carbonyl (C=O) groups excluding carboxylic acids is 2. The standard InChI is InChI=1S/C20H19NOS2.C11H12ClNO.C9H8S2.C9H8S/c1-14-16-9-3-5-11-18(16)24-20(14)23-13-19(22)21-12-6-8-15-7-2-4-10-17(15)21;12-8-11(14)13-7-3-5-9-4-1-2-6-10(9)13;1-6-7-4-2-3-5-8(7)11-9(6)10;1-7-6-10-9-5-3-2-4-8(7)9/h2-5,7,9-11H,6,8,12-13H2,1H3;1-2,4,6H,3,5,7-8H2;2-5,10H,1H3;2-6H,1H3. The molecule has 5 aromatic carbocycles. The Bertz CT molecular complexity index is 2700. The molecular formula is C49H47ClN2O2S5. The minimum atomic E-state index is -0.00110.